The highest BCUT2D eigenvalue weighted by atomic mass is 16.7. The first kappa shape index (κ1) is 14.3. The van der Waals surface area contributed by atoms with Gasteiger partial charge in [-0.25, -0.2) is 0 Å². The fourth-order valence-electron chi connectivity index (χ4n) is 1.94. The Labute approximate surface area is 119 Å². The highest BCUT2D eigenvalue weighted by Crippen LogP contribution is 2.09. The Morgan fingerprint density at radius 1 is 1.00 bits per heavy atom. The standard InChI is InChI=1S/C17H19NO2/c1-14(12-15-8-4-2-5-9-15)17(19)20-18-13-16-10-6-3-7-11-16/h2-11,14,18H,12-13H2,1H3/t14-/m0/s1. The van der Waals surface area contributed by atoms with Gasteiger partial charge in [0.05, 0.1) is 12.5 Å². The second-order valence-corrected chi connectivity index (χ2v) is 4.82. The van der Waals surface area contributed by atoms with Crippen LogP contribution < -0.4 is 5.48 Å². The molecule has 1 N–H and O–H groups in total. The van der Waals surface area contributed by atoms with Crippen LogP contribution in [-0.4, -0.2) is 5.97 Å². The number of carbonyl (C=O) groups is 1. The molecule has 0 radical (unpaired) electrons. The SMILES string of the molecule is C[C@@H](Cc1ccccc1)C(=O)ONCc1ccccc1. The number of benzene rings is 2. The average Bonchev–Trinajstić information content (AvgIpc) is 2.49. The molecule has 0 aliphatic heterocycles. The molecule has 0 heterocycles. The monoisotopic (exact) mass is 269 g/mol. The lowest BCUT2D eigenvalue weighted by atomic mass is 10.0. The lowest BCUT2D eigenvalue weighted by Gasteiger charge is -2.11. The van der Waals surface area contributed by atoms with Crippen LogP contribution >= 0.6 is 0 Å². The largest absolute Gasteiger partial charge is 0.370 e. The Balaban J connectivity index is 1.74. The minimum Gasteiger partial charge on any atom is -0.370 e. The summed E-state index contributed by atoms with van der Waals surface area (Å²) >= 11 is 0. The first-order valence-corrected chi connectivity index (χ1v) is 6.77. The zero-order valence-electron chi connectivity index (χ0n) is 11.6. The van der Waals surface area contributed by atoms with Crippen LogP contribution in [0.3, 0.4) is 0 Å². The van der Waals surface area contributed by atoms with Crippen LogP contribution in [0.1, 0.15) is 18.1 Å². The molecule has 0 aliphatic carbocycles. The van der Waals surface area contributed by atoms with Crippen molar-refractivity contribution in [3.8, 4) is 0 Å². The molecule has 2 aromatic rings. The summed E-state index contributed by atoms with van der Waals surface area (Å²) in [6.07, 6.45) is 0.687. The number of nitrogens with one attached hydrogen (secondary N) is 1. The molecule has 3 heteroatoms. The topological polar surface area (TPSA) is 38.3 Å². The number of hydroxylamine groups is 1. The smallest absolute Gasteiger partial charge is 0.327 e. The molecule has 0 spiro atoms. The molecule has 0 bridgehead atoms. The normalized spacial score (nSPS) is 11.8. The van der Waals surface area contributed by atoms with E-state index in [1.54, 1.807) is 0 Å². The molecule has 0 amide bonds. The van der Waals surface area contributed by atoms with Crippen molar-refractivity contribution < 1.29 is 9.63 Å². The van der Waals surface area contributed by atoms with Gasteiger partial charge in [-0.2, -0.15) is 0 Å². The van der Waals surface area contributed by atoms with Crippen molar-refractivity contribution in [2.24, 2.45) is 5.92 Å². The van der Waals surface area contributed by atoms with Crippen LogP contribution in [0, 0.1) is 5.92 Å². The Bertz CT molecular complexity index is 525. The van der Waals surface area contributed by atoms with Crippen molar-refractivity contribution in [3.05, 3.63) is 71.8 Å². The van der Waals surface area contributed by atoms with E-state index in [2.05, 4.69) is 5.48 Å². The quantitative estimate of drug-likeness (QED) is 0.819. The number of rotatable bonds is 6. The van der Waals surface area contributed by atoms with E-state index in [0.29, 0.717) is 13.0 Å². The van der Waals surface area contributed by atoms with Gasteiger partial charge in [-0.1, -0.05) is 67.6 Å². The van der Waals surface area contributed by atoms with E-state index in [4.69, 9.17) is 4.84 Å². The first-order chi connectivity index (χ1) is 9.75. The maximum atomic E-state index is 11.9. The summed E-state index contributed by atoms with van der Waals surface area (Å²) in [6, 6.07) is 19.8. The minimum absolute atomic E-state index is 0.166. The van der Waals surface area contributed by atoms with Gasteiger partial charge in [0.2, 0.25) is 0 Å². The molecule has 3 nitrogen and oxygen atoms in total. The first-order valence-electron chi connectivity index (χ1n) is 6.77. The van der Waals surface area contributed by atoms with Crippen molar-refractivity contribution in [2.75, 3.05) is 0 Å². The van der Waals surface area contributed by atoms with E-state index in [9.17, 15) is 4.79 Å². The predicted octanol–water partition coefficient (Wildman–Crippen LogP) is 3.11. The summed E-state index contributed by atoms with van der Waals surface area (Å²) in [4.78, 5) is 16.9. The number of carbonyl (C=O) groups excluding carboxylic acids is 1. The molecular weight excluding hydrogens is 250 g/mol. The van der Waals surface area contributed by atoms with E-state index < -0.39 is 0 Å². The van der Waals surface area contributed by atoms with E-state index in [1.807, 2.05) is 67.6 Å². The molecule has 0 unspecified atom stereocenters. The van der Waals surface area contributed by atoms with Crippen molar-refractivity contribution in [1.82, 2.24) is 5.48 Å². The summed E-state index contributed by atoms with van der Waals surface area (Å²) in [6.45, 7) is 2.39. The molecule has 0 aromatic heterocycles. The maximum absolute atomic E-state index is 11.9. The van der Waals surface area contributed by atoms with Crippen LogP contribution in [0.25, 0.3) is 0 Å². The van der Waals surface area contributed by atoms with Gasteiger partial charge in [-0.3, -0.25) is 4.79 Å². The van der Waals surface area contributed by atoms with Crippen LogP contribution in [0.5, 0.6) is 0 Å². The fraction of sp³-hybridized carbons (Fsp3) is 0.235. The van der Waals surface area contributed by atoms with Crippen molar-refractivity contribution in [3.63, 3.8) is 0 Å². The van der Waals surface area contributed by atoms with Gasteiger partial charge in [0.1, 0.15) is 0 Å². The van der Waals surface area contributed by atoms with Crippen LogP contribution in [-0.2, 0) is 22.6 Å². The molecule has 20 heavy (non-hydrogen) atoms. The summed E-state index contributed by atoms with van der Waals surface area (Å²) in [5.41, 5.74) is 4.94. The number of hydrogen-bond donors (Lipinski definition) is 1. The second kappa shape index (κ2) is 7.46. The maximum Gasteiger partial charge on any atom is 0.327 e. The third-order valence-electron chi connectivity index (χ3n) is 3.08. The Morgan fingerprint density at radius 3 is 2.15 bits per heavy atom. The molecule has 104 valence electrons. The summed E-state index contributed by atoms with van der Waals surface area (Å²) in [7, 11) is 0. The minimum atomic E-state index is -0.232. The zero-order valence-corrected chi connectivity index (χ0v) is 11.6. The van der Waals surface area contributed by atoms with Crippen LogP contribution in [0.2, 0.25) is 0 Å². The van der Waals surface area contributed by atoms with Crippen LogP contribution in [0.4, 0.5) is 0 Å². The molecule has 0 fully saturated rings. The van der Waals surface area contributed by atoms with Gasteiger partial charge in [0, 0.05) is 0 Å². The summed E-state index contributed by atoms with van der Waals surface area (Å²) in [5, 5.41) is 0. The van der Waals surface area contributed by atoms with E-state index in [-0.39, 0.29) is 11.9 Å². The summed E-state index contributed by atoms with van der Waals surface area (Å²) < 4.78 is 0. The van der Waals surface area contributed by atoms with Crippen molar-refractivity contribution in [1.29, 1.82) is 0 Å². The number of hydrogen-bond acceptors (Lipinski definition) is 3. The van der Waals surface area contributed by atoms with Gasteiger partial charge < -0.3 is 4.84 Å². The Kier molecular flexibility index (Phi) is 5.33. The van der Waals surface area contributed by atoms with Crippen molar-refractivity contribution in [2.45, 2.75) is 19.9 Å². The highest BCUT2D eigenvalue weighted by Gasteiger charge is 2.15. The lowest BCUT2D eigenvalue weighted by Crippen LogP contribution is -2.25. The average molecular weight is 269 g/mol. The van der Waals surface area contributed by atoms with Crippen LogP contribution in [0.15, 0.2) is 60.7 Å². The third kappa shape index (κ3) is 4.52. The van der Waals surface area contributed by atoms with E-state index in [1.165, 1.54) is 0 Å². The zero-order chi connectivity index (χ0) is 14.2. The van der Waals surface area contributed by atoms with E-state index >= 15 is 0 Å². The second-order valence-electron chi connectivity index (χ2n) is 4.82. The molecule has 2 aromatic carbocycles. The third-order valence-corrected chi connectivity index (χ3v) is 3.08. The Morgan fingerprint density at radius 2 is 1.55 bits per heavy atom. The highest BCUT2D eigenvalue weighted by molar-refractivity contribution is 5.72. The molecule has 1 atom stereocenters. The van der Waals surface area contributed by atoms with Gasteiger partial charge >= 0.3 is 5.97 Å². The lowest BCUT2D eigenvalue weighted by molar-refractivity contribution is -0.156. The van der Waals surface area contributed by atoms with Gasteiger partial charge in [0.15, 0.2) is 0 Å². The summed E-state index contributed by atoms with van der Waals surface area (Å²) in [5.74, 6) is -0.398. The Hall–Kier alpha value is -2.13. The molecule has 2 rings (SSSR count). The van der Waals surface area contributed by atoms with Gasteiger partial charge in [-0.05, 0) is 17.5 Å². The molecule has 0 saturated heterocycles. The van der Waals surface area contributed by atoms with Gasteiger partial charge in [-0.15, -0.1) is 5.48 Å². The fourth-order valence-corrected chi connectivity index (χ4v) is 1.94. The molecule has 0 saturated carbocycles. The van der Waals surface area contributed by atoms with Gasteiger partial charge in [0.25, 0.3) is 0 Å². The molecule has 0 aliphatic rings. The molecular formula is C17H19NO2. The predicted molar refractivity (Wildman–Crippen MR) is 78.7 cm³/mol. The van der Waals surface area contributed by atoms with E-state index in [0.717, 1.165) is 11.1 Å². The van der Waals surface area contributed by atoms with Crippen molar-refractivity contribution >= 4 is 5.97 Å².